The average Bonchev–Trinajstić information content (AvgIpc) is 3.06. The number of rotatable bonds is 3. The first-order valence-corrected chi connectivity index (χ1v) is 6.59. The van der Waals surface area contributed by atoms with Crippen LogP contribution >= 0.6 is 0 Å². The third kappa shape index (κ3) is 2.46. The molecule has 2 aromatic heterocycles. The Hall–Kier alpha value is -3.43. The highest BCUT2D eigenvalue weighted by molar-refractivity contribution is 5.99. The molecular weight excluding hydrogens is 300 g/mol. The van der Waals surface area contributed by atoms with E-state index in [1.54, 1.807) is 23.2 Å². The topological polar surface area (TPSA) is 143 Å². The molecule has 3 aromatic rings. The third-order valence-electron chi connectivity index (χ3n) is 3.42. The van der Waals surface area contributed by atoms with Crippen LogP contribution in [0.2, 0.25) is 0 Å². The molecule has 0 aliphatic heterocycles. The average molecular weight is 314 g/mol. The predicted molar refractivity (Wildman–Crippen MR) is 85.2 cm³/mol. The van der Waals surface area contributed by atoms with Gasteiger partial charge in [0, 0.05) is 14.1 Å². The van der Waals surface area contributed by atoms with Crippen molar-refractivity contribution in [2.24, 2.45) is 30.0 Å². The van der Waals surface area contributed by atoms with Crippen molar-refractivity contribution < 1.29 is 4.63 Å². The first kappa shape index (κ1) is 14.5. The van der Waals surface area contributed by atoms with Crippen LogP contribution < -0.4 is 17.2 Å². The lowest BCUT2D eigenvalue weighted by atomic mass is 10.2. The van der Waals surface area contributed by atoms with Crippen LogP contribution in [-0.2, 0) is 14.1 Å². The zero-order chi connectivity index (χ0) is 16.6. The summed E-state index contributed by atoms with van der Waals surface area (Å²) in [6, 6.07) is 5.49. The summed E-state index contributed by atoms with van der Waals surface area (Å²) in [5.41, 5.74) is 13.6. The van der Waals surface area contributed by atoms with Gasteiger partial charge >= 0.3 is 5.69 Å². The van der Waals surface area contributed by atoms with Crippen molar-refractivity contribution in [2.75, 3.05) is 5.73 Å². The molecule has 0 saturated carbocycles. The molecule has 0 atom stereocenters. The highest BCUT2D eigenvalue weighted by Crippen LogP contribution is 2.13. The first-order chi connectivity index (χ1) is 11.0. The molecule has 0 spiro atoms. The fourth-order valence-electron chi connectivity index (χ4n) is 2.18. The summed E-state index contributed by atoms with van der Waals surface area (Å²) in [5, 5.41) is 14.6. The maximum absolute atomic E-state index is 11.9. The number of nitrogen functional groups attached to an aromatic ring is 1. The molecule has 0 aliphatic rings. The van der Waals surface area contributed by atoms with E-state index >= 15 is 0 Å². The number of hydrogen-bond donors (Lipinski definition) is 2. The van der Waals surface area contributed by atoms with Gasteiger partial charge in [-0.25, -0.2) is 9.42 Å². The summed E-state index contributed by atoms with van der Waals surface area (Å²) in [6.45, 7) is 0. The van der Waals surface area contributed by atoms with Gasteiger partial charge in [-0.15, -0.1) is 5.10 Å². The van der Waals surface area contributed by atoms with Gasteiger partial charge < -0.3 is 11.5 Å². The lowest BCUT2D eigenvalue weighted by Crippen LogP contribution is -2.19. The van der Waals surface area contributed by atoms with E-state index in [4.69, 9.17) is 11.5 Å². The molecule has 1 aromatic carbocycles. The molecule has 2 heterocycles. The van der Waals surface area contributed by atoms with Crippen LogP contribution in [0.25, 0.3) is 11.0 Å². The largest absolute Gasteiger partial charge is 0.380 e. The molecule has 23 heavy (non-hydrogen) atoms. The number of fused-ring (bicyclic) bond motifs is 1. The summed E-state index contributed by atoms with van der Waals surface area (Å²) in [5.74, 6) is 0.0374. The zero-order valence-electron chi connectivity index (χ0n) is 12.5. The van der Waals surface area contributed by atoms with Crippen molar-refractivity contribution in [3.05, 3.63) is 39.9 Å². The summed E-state index contributed by atoms with van der Waals surface area (Å²) >= 11 is 0. The number of hydrogen-bond acceptors (Lipinski definition) is 7. The van der Waals surface area contributed by atoms with E-state index in [1.807, 2.05) is 18.2 Å². The Morgan fingerprint density at radius 1 is 1.26 bits per heavy atom. The molecule has 0 amide bonds. The molecule has 10 nitrogen and oxygen atoms in total. The van der Waals surface area contributed by atoms with Crippen molar-refractivity contribution in [1.29, 1.82) is 0 Å². The molecule has 3 rings (SSSR count). The molecule has 0 unspecified atom stereocenters. The summed E-state index contributed by atoms with van der Waals surface area (Å²) in [6.07, 6.45) is 1.51. The fraction of sp³-hybridized carbons (Fsp3) is 0.154. The number of imidazole rings is 1. The van der Waals surface area contributed by atoms with Crippen molar-refractivity contribution >= 4 is 28.9 Å². The number of nitrogens with zero attached hydrogens (tertiary/aromatic N) is 6. The van der Waals surface area contributed by atoms with Crippen molar-refractivity contribution in [3.8, 4) is 0 Å². The number of nitrogens with two attached hydrogens (primary N) is 2. The van der Waals surface area contributed by atoms with Crippen molar-refractivity contribution in [2.45, 2.75) is 0 Å². The zero-order valence-corrected chi connectivity index (χ0v) is 12.5. The molecule has 4 N–H and O–H groups in total. The second-order valence-corrected chi connectivity index (χ2v) is 4.88. The van der Waals surface area contributed by atoms with E-state index in [9.17, 15) is 4.79 Å². The Balaban J connectivity index is 1.91. The van der Waals surface area contributed by atoms with Gasteiger partial charge in [0.2, 0.25) is 0 Å². The summed E-state index contributed by atoms with van der Waals surface area (Å²) in [4.78, 5) is 11.9. The van der Waals surface area contributed by atoms with Crippen molar-refractivity contribution in [1.82, 2.24) is 19.4 Å². The van der Waals surface area contributed by atoms with Gasteiger partial charge in [-0.2, -0.15) is 5.10 Å². The van der Waals surface area contributed by atoms with Gasteiger partial charge in [0.1, 0.15) is 0 Å². The lowest BCUT2D eigenvalue weighted by molar-refractivity contribution is 0.308. The molecule has 0 saturated heterocycles. The summed E-state index contributed by atoms with van der Waals surface area (Å²) < 4.78 is 7.57. The van der Waals surface area contributed by atoms with E-state index in [2.05, 4.69) is 25.1 Å². The van der Waals surface area contributed by atoms with Crippen molar-refractivity contribution in [3.63, 3.8) is 0 Å². The molecule has 0 bridgehead atoms. The minimum atomic E-state index is -0.0923. The van der Waals surface area contributed by atoms with E-state index < -0.39 is 0 Å². The highest BCUT2D eigenvalue weighted by Gasteiger charge is 2.10. The Morgan fingerprint density at radius 3 is 2.70 bits per heavy atom. The minimum absolute atomic E-state index is 0.00631. The van der Waals surface area contributed by atoms with Gasteiger partial charge in [-0.3, -0.25) is 9.13 Å². The molecule has 0 radical (unpaired) electrons. The second kappa shape index (κ2) is 5.40. The fourth-order valence-corrected chi connectivity index (χ4v) is 2.18. The predicted octanol–water partition coefficient (Wildman–Crippen LogP) is -0.418. The molecule has 0 fully saturated rings. The van der Waals surface area contributed by atoms with Gasteiger partial charge in [0.05, 0.1) is 17.2 Å². The van der Waals surface area contributed by atoms with Crippen LogP contribution in [0.5, 0.6) is 0 Å². The highest BCUT2D eigenvalue weighted by atomic mass is 16.6. The molecule has 10 heteroatoms. The lowest BCUT2D eigenvalue weighted by Gasteiger charge is -1.96. The Labute approximate surface area is 129 Å². The van der Waals surface area contributed by atoms with Crippen LogP contribution in [-0.4, -0.2) is 31.5 Å². The van der Waals surface area contributed by atoms with Crippen LogP contribution in [0.1, 0.15) is 11.3 Å². The third-order valence-corrected chi connectivity index (χ3v) is 3.42. The molecular formula is C13H14N8O2. The Kier molecular flexibility index (Phi) is 3.41. The van der Waals surface area contributed by atoms with Crippen LogP contribution in [0.15, 0.2) is 37.8 Å². The Morgan fingerprint density at radius 2 is 2.00 bits per heavy atom. The Bertz CT molecular complexity index is 991. The smallest absolute Gasteiger partial charge is 0.328 e. The van der Waals surface area contributed by atoms with E-state index in [0.29, 0.717) is 0 Å². The normalized spacial score (nSPS) is 12.5. The van der Waals surface area contributed by atoms with Gasteiger partial charge in [0.25, 0.3) is 0 Å². The SMILES string of the molecule is Cn1c(=O)n(C)c2cc(/C=N\N=C(/N)c3nonc3N)ccc21. The maximum atomic E-state index is 11.9. The van der Waals surface area contributed by atoms with Crippen LogP contribution in [0.3, 0.4) is 0 Å². The van der Waals surface area contributed by atoms with Crippen LogP contribution in [0, 0.1) is 0 Å². The van der Waals surface area contributed by atoms with E-state index in [1.165, 1.54) is 6.21 Å². The first-order valence-electron chi connectivity index (χ1n) is 6.59. The van der Waals surface area contributed by atoms with Gasteiger partial charge in [-0.1, -0.05) is 6.07 Å². The number of aromatic nitrogens is 4. The monoisotopic (exact) mass is 314 g/mol. The molecule has 118 valence electrons. The van der Waals surface area contributed by atoms with Gasteiger partial charge in [0.15, 0.2) is 17.3 Å². The standard InChI is InChI=1S/C13H14N8O2/c1-20-8-4-3-7(5-9(8)21(2)13(20)22)6-16-17-11(14)10-12(15)19-23-18-10/h3-6H,1-2H3,(H2,14,17)(H2,15,19)/b16-6-. The quantitative estimate of drug-likeness (QED) is 0.382. The number of benzene rings is 1. The van der Waals surface area contributed by atoms with E-state index in [0.717, 1.165) is 16.6 Å². The van der Waals surface area contributed by atoms with Gasteiger partial charge in [-0.05, 0) is 28.0 Å². The number of aryl methyl sites for hydroxylation is 2. The maximum Gasteiger partial charge on any atom is 0.328 e. The second-order valence-electron chi connectivity index (χ2n) is 4.88. The number of amidine groups is 1. The van der Waals surface area contributed by atoms with E-state index in [-0.39, 0.29) is 23.0 Å². The minimum Gasteiger partial charge on any atom is -0.380 e. The number of anilines is 1. The molecule has 0 aliphatic carbocycles. The summed E-state index contributed by atoms with van der Waals surface area (Å²) in [7, 11) is 3.43. The van der Waals surface area contributed by atoms with Crippen LogP contribution in [0.4, 0.5) is 5.82 Å².